The van der Waals surface area contributed by atoms with Crippen molar-refractivity contribution in [2.45, 2.75) is 13.8 Å². The number of fused-ring (bicyclic) bond motifs is 1. The first-order valence-electron chi connectivity index (χ1n) is 5.23. The number of ether oxygens (including phenoxy) is 1. The highest BCUT2D eigenvalue weighted by Gasteiger charge is 2.15. The van der Waals surface area contributed by atoms with Crippen LogP contribution in [0.1, 0.15) is 24.4 Å². The summed E-state index contributed by atoms with van der Waals surface area (Å²) in [7, 11) is 1.61. The average molecular weight is 218 g/mol. The maximum absolute atomic E-state index is 11.7. The Labute approximate surface area is 94.0 Å². The summed E-state index contributed by atoms with van der Waals surface area (Å²) in [6.07, 6.45) is 0. The number of carbonyl (C=O) groups excluding carboxylic acids is 1. The fraction of sp³-hybridized carbons (Fsp3) is 0.308. The molecule has 0 saturated carbocycles. The Bertz CT molecular complexity index is 523. The van der Waals surface area contributed by atoms with Gasteiger partial charge in [0.05, 0.1) is 7.11 Å². The first-order chi connectivity index (χ1) is 7.61. The van der Waals surface area contributed by atoms with Crippen LogP contribution in [0, 0.1) is 5.92 Å². The standard InChI is InChI=1S/C13H14O3/c1-8(2)13(14)12-7-9-6-10(15-3)4-5-11(9)16-12/h4-8H,1-3H3. The van der Waals surface area contributed by atoms with Crippen molar-refractivity contribution in [1.82, 2.24) is 0 Å². The molecular formula is C13H14O3. The third kappa shape index (κ3) is 1.81. The molecule has 0 aliphatic rings. The number of hydrogen-bond acceptors (Lipinski definition) is 3. The van der Waals surface area contributed by atoms with Gasteiger partial charge in [-0.1, -0.05) is 13.8 Å². The van der Waals surface area contributed by atoms with Gasteiger partial charge in [-0.2, -0.15) is 0 Å². The summed E-state index contributed by atoms with van der Waals surface area (Å²) in [5.74, 6) is 1.15. The highest BCUT2D eigenvalue weighted by atomic mass is 16.5. The van der Waals surface area contributed by atoms with E-state index in [0.29, 0.717) is 11.3 Å². The van der Waals surface area contributed by atoms with E-state index < -0.39 is 0 Å². The van der Waals surface area contributed by atoms with Crippen molar-refractivity contribution in [2.75, 3.05) is 7.11 Å². The predicted molar refractivity (Wildman–Crippen MR) is 61.9 cm³/mol. The molecule has 0 bridgehead atoms. The molecule has 1 aromatic carbocycles. The number of rotatable bonds is 3. The lowest BCUT2D eigenvalue weighted by atomic mass is 10.1. The Morgan fingerprint density at radius 1 is 1.31 bits per heavy atom. The van der Waals surface area contributed by atoms with Crippen molar-refractivity contribution in [2.24, 2.45) is 5.92 Å². The number of hydrogen-bond donors (Lipinski definition) is 0. The topological polar surface area (TPSA) is 39.4 Å². The van der Waals surface area contributed by atoms with E-state index >= 15 is 0 Å². The second-order valence-corrected chi connectivity index (χ2v) is 4.03. The highest BCUT2D eigenvalue weighted by molar-refractivity contribution is 5.98. The van der Waals surface area contributed by atoms with Crippen LogP contribution >= 0.6 is 0 Å². The van der Waals surface area contributed by atoms with E-state index in [1.165, 1.54) is 0 Å². The molecule has 0 atom stereocenters. The molecule has 2 rings (SSSR count). The quantitative estimate of drug-likeness (QED) is 0.742. The first kappa shape index (κ1) is 10.7. The fourth-order valence-electron chi connectivity index (χ4n) is 1.55. The van der Waals surface area contributed by atoms with Crippen molar-refractivity contribution >= 4 is 16.8 Å². The lowest BCUT2D eigenvalue weighted by molar-refractivity contribution is 0.0913. The molecule has 3 nitrogen and oxygen atoms in total. The molecule has 0 fully saturated rings. The zero-order chi connectivity index (χ0) is 11.7. The maximum Gasteiger partial charge on any atom is 0.200 e. The maximum atomic E-state index is 11.7. The normalized spacial score (nSPS) is 11.0. The molecule has 16 heavy (non-hydrogen) atoms. The van der Waals surface area contributed by atoms with Crippen LogP contribution in [-0.4, -0.2) is 12.9 Å². The Morgan fingerprint density at radius 3 is 2.69 bits per heavy atom. The van der Waals surface area contributed by atoms with Gasteiger partial charge in [-0.15, -0.1) is 0 Å². The molecule has 0 amide bonds. The van der Waals surface area contributed by atoms with Gasteiger partial charge in [0.1, 0.15) is 11.3 Å². The van der Waals surface area contributed by atoms with Gasteiger partial charge in [-0.3, -0.25) is 4.79 Å². The van der Waals surface area contributed by atoms with Crippen molar-refractivity contribution in [3.63, 3.8) is 0 Å². The van der Waals surface area contributed by atoms with Crippen LogP contribution in [0.5, 0.6) is 5.75 Å². The summed E-state index contributed by atoms with van der Waals surface area (Å²) < 4.78 is 10.6. The van der Waals surface area contributed by atoms with Gasteiger partial charge in [0.15, 0.2) is 5.76 Å². The molecule has 2 aromatic rings. The van der Waals surface area contributed by atoms with Crippen molar-refractivity contribution in [1.29, 1.82) is 0 Å². The van der Waals surface area contributed by atoms with E-state index in [4.69, 9.17) is 9.15 Å². The largest absolute Gasteiger partial charge is 0.497 e. The lowest BCUT2D eigenvalue weighted by Crippen LogP contribution is -2.05. The Balaban J connectivity index is 2.47. The summed E-state index contributed by atoms with van der Waals surface area (Å²) >= 11 is 0. The second kappa shape index (κ2) is 4.00. The number of ketones is 1. The smallest absolute Gasteiger partial charge is 0.200 e. The molecule has 1 heterocycles. The third-order valence-corrected chi connectivity index (χ3v) is 2.49. The molecule has 0 unspecified atom stereocenters. The van der Waals surface area contributed by atoms with Crippen LogP contribution in [0.15, 0.2) is 28.7 Å². The minimum absolute atomic E-state index is 0.0233. The van der Waals surface area contributed by atoms with E-state index in [-0.39, 0.29) is 11.7 Å². The van der Waals surface area contributed by atoms with Crippen molar-refractivity contribution in [3.05, 3.63) is 30.0 Å². The fourth-order valence-corrected chi connectivity index (χ4v) is 1.55. The Morgan fingerprint density at radius 2 is 2.06 bits per heavy atom. The van der Waals surface area contributed by atoms with Gasteiger partial charge in [-0.25, -0.2) is 0 Å². The molecule has 0 N–H and O–H groups in total. The van der Waals surface area contributed by atoms with Crippen LogP contribution < -0.4 is 4.74 Å². The van der Waals surface area contributed by atoms with Crippen molar-refractivity contribution < 1.29 is 13.9 Å². The van der Waals surface area contributed by atoms with E-state index in [0.717, 1.165) is 11.1 Å². The summed E-state index contributed by atoms with van der Waals surface area (Å²) in [4.78, 5) is 11.7. The highest BCUT2D eigenvalue weighted by Crippen LogP contribution is 2.25. The van der Waals surface area contributed by atoms with Gasteiger partial charge in [0.25, 0.3) is 0 Å². The molecule has 3 heteroatoms. The minimum atomic E-state index is -0.0533. The van der Waals surface area contributed by atoms with Gasteiger partial charge >= 0.3 is 0 Å². The summed E-state index contributed by atoms with van der Waals surface area (Å²) in [5.41, 5.74) is 0.713. The molecule has 0 spiro atoms. The average Bonchev–Trinajstić information content (AvgIpc) is 2.69. The molecule has 1 aromatic heterocycles. The van der Waals surface area contributed by atoms with E-state index in [9.17, 15) is 4.79 Å². The van der Waals surface area contributed by atoms with E-state index in [1.807, 2.05) is 32.0 Å². The van der Waals surface area contributed by atoms with Crippen LogP contribution in [0.2, 0.25) is 0 Å². The monoisotopic (exact) mass is 218 g/mol. The van der Waals surface area contributed by atoms with Crippen LogP contribution in [-0.2, 0) is 0 Å². The molecular weight excluding hydrogens is 204 g/mol. The molecule has 0 radical (unpaired) electrons. The van der Waals surface area contributed by atoms with Gasteiger partial charge < -0.3 is 9.15 Å². The molecule has 84 valence electrons. The molecule has 0 saturated heterocycles. The summed E-state index contributed by atoms with van der Waals surface area (Å²) in [6.45, 7) is 3.71. The second-order valence-electron chi connectivity index (χ2n) is 4.03. The number of methoxy groups -OCH3 is 1. The zero-order valence-corrected chi connectivity index (χ0v) is 9.61. The van der Waals surface area contributed by atoms with Gasteiger partial charge in [0.2, 0.25) is 5.78 Å². The van der Waals surface area contributed by atoms with E-state index in [2.05, 4.69) is 0 Å². The van der Waals surface area contributed by atoms with Gasteiger partial charge in [0, 0.05) is 11.3 Å². The first-order valence-corrected chi connectivity index (χ1v) is 5.23. The summed E-state index contributed by atoms with van der Waals surface area (Å²) in [6, 6.07) is 7.25. The predicted octanol–water partition coefficient (Wildman–Crippen LogP) is 3.28. The van der Waals surface area contributed by atoms with Crippen LogP contribution in [0.3, 0.4) is 0 Å². The van der Waals surface area contributed by atoms with Crippen molar-refractivity contribution in [3.8, 4) is 5.75 Å². The summed E-state index contributed by atoms with van der Waals surface area (Å²) in [5, 5.41) is 0.892. The van der Waals surface area contributed by atoms with E-state index in [1.54, 1.807) is 13.2 Å². The third-order valence-electron chi connectivity index (χ3n) is 2.49. The number of carbonyl (C=O) groups is 1. The van der Waals surface area contributed by atoms with Crippen LogP contribution in [0.25, 0.3) is 11.0 Å². The zero-order valence-electron chi connectivity index (χ0n) is 9.61. The number of benzene rings is 1. The Kier molecular flexibility index (Phi) is 2.69. The molecule has 0 aliphatic heterocycles. The minimum Gasteiger partial charge on any atom is -0.497 e. The Hall–Kier alpha value is -1.77. The number of Topliss-reactive ketones (excluding diaryl/α,β-unsaturated/α-hetero) is 1. The van der Waals surface area contributed by atoms with Crippen LogP contribution in [0.4, 0.5) is 0 Å². The SMILES string of the molecule is COc1ccc2oc(C(=O)C(C)C)cc2c1. The van der Waals surface area contributed by atoms with Gasteiger partial charge in [-0.05, 0) is 24.3 Å². The molecule has 0 aliphatic carbocycles. The lowest BCUT2D eigenvalue weighted by Gasteiger charge is -1.97. The number of furan rings is 1.